The summed E-state index contributed by atoms with van der Waals surface area (Å²) in [7, 11) is -1.83. The third-order valence-electron chi connectivity index (χ3n) is 1.50. The molecule has 0 unspecified atom stereocenters. The van der Waals surface area contributed by atoms with Crippen LogP contribution in [0.2, 0.25) is 0 Å². The summed E-state index contributed by atoms with van der Waals surface area (Å²) in [5, 5.41) is 36.6. The Morgan fingerprint density at radius 3 is 2.38 bits per heavy atom. The van der Waals surface area contributed by atoms with Crippen LogP contribution in [-0.4, -0.2) is 27.2 Å². The second-order valence-electron chi connectivity index (χ2n) is 2.37. The van der Waals surface area contributed by atoms with E-state index in [1.54, 1.807) is 0 Å². The minimum atomic E-state index is -1.83. The molecule has 1 aromatic rings. The Balaban J connectivity index is 3.13. The van der Waals surface area contributed by atoms with Crippen LogP contribution in [0.15, 0.2) is 18.2 Å². The molecule has 0 aliphatic carbocycles. The Morgan fingerprint density at radius 2 is 2.00 bits per heavy atom. The first kappa shape index (κ1) is 9.49. The van der Waals surface area contributed by atoms with Gasteiger partial charge < -0.3 is 15.2 Å². The largest absolute Gasteiger partial charge is 0.508 e. The Morgan fingerprint density at radius 1 is 1.38 bits per heavy atom. The van der Waals surface area contributed by atoms with Gasteiger partial charge in [-0.3, -0.25) is 10.1 Å². The predicted molar refractivity (Wildman–Crippen MR) is 44.6 cm³/mol. The number of hydrogen-bond donors (Lipinski definition) is 3. The molecule has 0 heterocycles. The van der Waals surface area contributed by atoms with Gasteiger partial charge in [-0.2, -0.15) is 0 Å². The lowest BCUT2D eigenvalue weighted by Gasteiger charge is -2.01. The number of rotatable bonds is 2. The highest BCUT2D eigenvalue weighted by atomic mass is 16.6. The van der Waals surface area contributed by atoms with E-state index in [1.165, 1.54) is 0 Å². The molecule has 1 rings (SSSR count). The van der Waals surface area contributed by atoms with E-state index < -0.39 is 17.8 Å². The van der Waals surface area contributed by atoms with Crippen molar-refractivity contribution in [2.24, 2.45) is 0 Å². The lowest BCUT2D eigenvalue weighted by Crippen LogP contribution is -2.29. The molecule has 0 aliphatic heterocycles. The lowest BCUT2D eigenvalue weighted by atomic mass is 9.79. The molecule has 0 atom stereocenters. The number of nitro benzene ring substituents is 1. The molecule has 7 heteroatoms. The fourth-order valence-corrected chi connectivity index (χ4v) is 0.864. The van der Waals surface area contributed by atoms with Gasteiger partial charge in [0.1, 0.15) is 5.75 Å². The smallest absolute Gasteiger partial charge is 0.492 e. The Hall–Kier alpha value is -1.60. The molecule has 0 amide bonds. The van der Waals surface area contributed by atoms with Gasteiger partial charge in [-0.05, 0) is 0 Å². The average Bonchev–Trinajstić information content (AvgIpc) is 2.03. The predicted octanol–water partition coefficient (Wildman–Crippen LogP) is -1.02. The average molecular weight is 183 g/mol. The van der Waals surface area contributed by atoms with Gasteiger partial charge in [0.25, 0.3) is 5.69 Å². The lowest BCUT2D eigenvalue weighted by molar-refractivity contribution is -0.384. The van der Waals surface area contributed by atoms with E-state index in [0.29, 0.717) is 0 Å². The zero-order valence-electron chi connectivity index (χ0n) is 6.41. The summed E-state index contributed by atoms with van der Waals surface area (Å²) in [6.07, 6.45) is 0. The molecule has 0 radical (unpaired) electrons. The Kier molecular flexibility index (Phi) is 2.50. The van der Waals surface area contributed by atoms with Gasteiger partial charge in [-0.25, -0.2) is 0 Å². The standard InChI is InChI=1S/C6H6BNO5/c9-6-3-4(8(12)13)1-2-5(6)7(10)11/h1-3,9-11H. The van der Waals surface area contributed by atoms with Crippen LogP contribution in [0.1, 0.15) is 0 Å². The van der Waals surface area contributed by atoms with Gasteiger partial charge in [0.2, 0.25) is 0 Å². The third-order valence-corrected chi connectivity index (χ3v) is 1.50. The molecule has 1 aromatic carbocycles. The summed E-state index contributed by atoms with van der Waals surface area (Å²) >= 11 is 0. The number of aromatic hydroxyl groups is 1. The number of nitrogens with zero attached hydrogens (tertiary/aromatic N) is 1. The van der Waals surface area contributed by atoms with Crippen molar-refractivity contribution in [3.8, 4) is 5.75 Å². The quantitative estimate of drug-likeness (QED) is 0.309. The van der Waals surface area contributed by atoms with E-state index in [9.17, 15) is 10.1 Å². The monoisotopic (exact) mass is 183 g/mol. The van der Waals surface area contributed by atoms with Gasteiger partial charge in [0, 0.05) is 11.5 Å². The first-order valence-electron chi connectivity index (χ1n) is 3.36. The minimum Gasteiger partial charge on any atom is -0.508 e. The molecule has 13 heavy (non-hydrogen) atoms. The second-order valence-corrected chi connectivity index (χ2v) is 2.37. The highest BCUT2D eigenvalue weighted by molar-refractivity contribution is 6.59. The normalized spacial score (nSPS) is 9.69. The van der Waals surface area contributed by atoms with Crippen molar-refractivity contribution < 1.29 is 20.1 Å². The summed E-state index contributed by atoms with van der Waals surface area (Å²) in [5.41, 5.74) is -0.465. The van der Waals surface area contributed by atoms with Crippen molar-refractivity contribution in [1.82, 2.24) is 0 Å². The zero-order chi connectivity index (χ0) is 10.0. The fourth-order valence-electron chi connectivity index (χ4n) is 0.864. The van der Waals surface area contributed by atoms with Crippen molar-refractivity contribution in [2.45, 2.75) is 0 Å². The summed E-state index contributed by atoms with van der Waals surface area (Å²) in [5.74, 6) is -0.510. The van der Waals surface area contributed by atoms with Gasteiger partial charge in [-0.15, -0.1) is 0 Å². The molecule has 6 nitrogen and oxygen atoms in total. The first-order valence-corrected chi connectivity index (χ1v) is 3.36. The number of nitro groups is 1. The Bertz CT molecular complexity index is 340. The van der Waals surface area contributed by atoms with Crippen LogP contribution in [-0.2, 0) is 0 Å². The summed E-state index contributed by atoms with van der Waals surface area (Å²) in [4.78, 5) is 9.52. The first-order chi connectivity index (χ1) is 6.02. The van der Waals surface area contributed by atoms with Crippen LogP contribution >= 0.6 is 0 Å². The third kappa shape index (κ3) is 1.95. The number of benzene rings is 1. The maximum absolute atomic E-state index is 10.2. The summed E-state index contributed by atoms with van der Waals surface area (Å²) in [6.45, 7) is 0. The second kappa shape index (κ2) is 3.42. The van der Waals surface area contributed by atoms with Gasteiger partial charge in [-0.1, -0.05) is 6.07 Å². The van der Waals surface area contributed by atoms with Crippen molar-refractivity contribution in [3.05, 3.63) is 28.3 Å². The molecule has 0 aliphatic rings. The van der Waals surface area contributed by atoms with Crippen molar-refractivity contribution in [3.63, 3.8) is 0 Å². The number of phenolic OH excluding ortho intramolecular Hbond substituents is 1. The van der Waals surface area contributed by atoms with E-state index in [4.69, 9.17) is 15.2 Å². The van der Waals surface area contributed by atoms with Crippen LogP contribution in [0.25, 0.3) is 0 Å². The molecule has 0 bridgehead atoms. The van der Waals surface area contributed by atoms with Crippen LogP contribution in [0.5, 0.6) is 5.75 Å². The number of non-ortho nitro benzene ring substituents is 1. The zero-order valence-corrected chi connectivity index (χ0v) is 6.41. The van der Waals surface area contributed by atoms with Crippen molar-refractivity contribution in [2.75, 3.05) is 0 Å². The molecule has 0 fully saturated rings. The van der Waals surface area contributed by atoms with E-state index >= 15 is 0 Å². The Labute approximate surface area is 73.4 Å². The summed E-state index contributed by atoms with van der Waals surface area (Å²) in [6, 6.07) is 3.02. The number of phenols is 1. The van der Waals surface area contributed by atoms with Gasteiger partial charge in [0.15, 0.2) is 0 Å². The van der Waals surface area contributed by atoms with Crippen LogP contribution < -0.4 is 5.46 Å². The summed E-state index contributed by atoms with van der Waals surface area (Å²) < 4.78 is 0. The molecule has 0 spiro atoms. The topological polar surface area (TPSA) is 104 Å². The van der Waals surface area contributed by atoms with Crippen LogP contribution in [0.4, 0.5) is 5.69 Å². The van der Waals surface area contributed by atoms with Gasteiger partial charge >= 0.3 is 7.12 Å². The highest BCUT2D eigenvalue weighted by Gasteiger charge is 2.18. The SMILES string of the molecule is O=[N+]([O-])c1ccc(B(O)O)c(O)c1. The minimum absolute atomic E-state index is 0.161. The van der Waals surface area contributed by atoms with Crippen molar-refractivity contribution >= 4 is 18.3 Å². The molecular weight excluding hydrogens is 177 g/mol. The van der Waals surface area contributed by atoms with Gasteiger partial charge in [0.05, 0.1) is 11.0 Å². The fraction of sp³-hybridized carbons (Fsp3) is 0. The highest BCUT2D eigenvalue weighted by Crippen LogP contribution is 2.15. The molecular formula is C6H6BNO5. The van der Waals surface area contributed by atoms with E-state index in [-0.39, 0.29) is 11.2 Å². The van der Waals surface area contributed by atoms with E-state index in [1.807, 2.05) is 0 Å². The maximum atomic E-state index is 10.2. The van der Waals surface area contributed by atoms with Crippen molar-refractivity contribution in [1.29, 1.82) is 0 Å². The maximum Gasteiger partial charge on any atom is 0.492 e. The van der Waals surface area contributed by atoms with E-state index in [2.05, 4.69) is 0 Å². The molecule has 0 saturated heterocycles. The molecule has 0 aromatic heterocycles. The molecule has 3 N–H and O–H groups in total. The van der Waals surface area contributed by atoms with Crippen LogP contribution in [0, 0.1) is 10.1 Å². The van der Waals surface area contributed by atoms with Crippen LogP contribution in [0.3, 0.4) is 0 Å². The molecule has 0 saturated carbocycles. The van der Waals surface area contributed by atoms with E-state index in [0.717, 1.165) is 18.2 Å². The molecule has 68 valence electrons. The number of hydrogen-bond acceptors (Lipinski definition) is 5.